The number of carbonyl (C=O) groups is 1. The lowest BCUT2D eigenvalue weighted by Gasteiger charge is -2.05. The Labute approximate surface area is 99.8 Å². The number of sulfonamides is 1. The first-order chi connectivity index (χ1) is 7.40. The highest BCUT2D eigenvalue weighted by atomic mass is 32.2. The summed E-state index contributed by atoms with van der Waals surface area (Å²) in [4.78, 5) is 11.1. The molecule has 16 heavy (non-hydrogen) atoms. The summed E-state index contributed by atoms with van der Waals surface area (Å²) in [5.74, 6) is -0.250. The van der Waals surface area contributed by atoms with Crippen molar-refractivity contribution < 1.29 is 13.2 Å². The fourth-order valence-electron chi connectivity index (χ4n) is 1.18. The first kappa shape index (κ1) is 12.9. The molecule has 1 rings (SSSR count). The minimum Gasteiger partial charge on any atom is -0.302 e. The van der Waals surface area contributed by atoms with Gasteiger partial charge >= 0.3 is 0 Å². The second kappa shape index (κ2) is 5.22. The first-order valence-corrected chi connectivity index (χ1v) is 6.74. The maximum absolute atomic E-state index is 11.1. The summed E-state index contributed by atoms with van der Waals surface area (Å²) < 4.78 is 26.5. The average Bonchev–Trinajstić information content (AvgIpc) is 2.15. The van der Waals surface area contributed by atoms with Crippen LogP contribution in [0.1, 0.15) is 5.56 Å². The summed E-state index contributed by atoms with van der Waals surface area (Å²) in [6.45, 7) is 0. The molecule has 0 unspecified atom stereocenters. The van der Waals surface area contributed by atoms with Crippen molar-refractivity contribution >= 4 is 34.4 Å². The van der Waals surface area contributed by atoms with Crippen molar-refractivity contribution in [2.75, 3.05) is 11.0 Å². The van der Waals surface area contributed by atoms with Gasteiger partial charge in [-0.1, -0.05) is 24.9 Å². The monoisotopic (exact) mass is 260 g/mol. The van der Waals surface area contributed by atoms with Gasteiger partial charge in [-0.2, -0.15) is 0 Å². The van der Waals surface area contributed by atoms with E-state index in [1.807, 2.05) is 0 Å². The van der Waals surface area contributed by atoms with Crippen LogP contribution in [0.2, 0.25) is 0 Å². The molecular formula is C9H12N2O3S2. The van der Waals surface area contributed by atoms with E-state index in [9.17, 15) is 13.2 Å². The van der Waals surface area contributed by atoms with Crippen molar-refractivity contribution in [3.63, 3.8) is 0 Å². The zero-order valence-electron chi connectivity index (χ0n) is 8.60. The Kier molecular flexibility index (Phi) is 4.19. The van der Waals surface area contributed by atoms with Crippen LogP contribution in [0.25, 0.3) is 0 Å². The van der Waals surface area contributed by atoms with Crippen LogP contribution in [-0.2, 0) is 21.2 Å². The van der Waals surface area contributed by atoms with Gasteiger partial charge in [0.25, 0.3) is 0 Å². The molecule has 0 spiro atoms. The second-order valence-electron chi connectivity index (χ2n) is 3.29. The highest BCUT2D eigenvalue weighted by molar-refractivity contribution is 7.92. The number of anilines is 1. The molecule has 1 aromatic rings. The third-order valence-corrected chi connectivity index (χ3v) is 2.58. The Morgan fingerprint density at radius 2 is 2.12 bits per heavy atom. The number of benzene rings is 1. The van der Waals surface area contributed by atoms with Crippen molar-refractivity contribution in [2.24, 2.45) is 0 Å². The number of thiol groups is 1. The van der Waals surface area contributed by atoms with Crippen molar-refractivity contribution in [3.05, 3.63) is 29.8 Å². The molecule has 88 valence electrons. The molecule has 0 aliphatic rings. The van der Waals surface area contributed by atoms with Crippen LogP contribution in [0.5, 0.6) is 0 Å². The van der Waals surface area contributed by atoms with Gasteiger partial charge in [0.05, 0.1) is 12.7 Å². The summed E-state index contributed by atoms with van der Waals surface area (Å²) in [5, 5.41) is 0. The van der Waals surface area contributed by atoms with Crippen molar-refractivity contribution in [3.8, 4) is 0 Å². The number of amides is 1. The Hall–Kier alpha value is -1.21. The molecule has 1 aromatic carbocycles. The SMILES string of the molecule is CS(=O)(=O)Nc1cccc(CC(=O)NS)c1. The highest BCUT2D eigenvalue weighted by Gasteiger charge is 2.04. The molecule has 0 radical (unpaired) electrons. The summed E-state index contributed by atoms with van der Waals surface area (Å²) in [6, 6.07) is 6.62. The van der Waals surface area contributed by atoms with Crippen LogP contribution < -0.4 is 9.44 Å². The van der Waals surface area contributed by atoms with Gasteiger partial charge in [-0.15, -0.1) is 0 Å². The fourth-order valence-corrected chi connectivity index (χ4v) is 1.82. The second-order valence-corrected chi connectivity index (χ2v) is 5.26. The summed E-state index contributed by atoms with van der Waals surface area (Å²) in [7, 11) is -3.29. The average molecular weight is 260 g/mol. The smallest absolute Gasteiger partial charge is 0.234 e. The minimum atomic E-state index is -3.29. The van der Waals surface area contributed by atoms with Gasteiger partial charge in [0, 0.05) is 5.69 Å². The Morgan fingerprint density at radius 1 is 1.44 bits per heavy atom. The van der Waals surface area contributed by atoms with E-state index in [0.29, 0.717) is 11.3 Å². The Morgan fingerprint density at radius 3 is 2.69 bits per heavy atom. The lowest BCUT2D eigenvalue weighted by atomic mass is 10.1. The van der Waals surface area contributed by atoms with E-state index < -0.39 is 10.0 Å². The third-order valence-electron chi connectivity index (χ3n) is 1.72. The maximum Gasteiger partial charge on any atom is 0.234 e. The number of hydrogen-bond donors (Lipinski definition) is 3. The van der Waals surface area contributed by atoms with Crippen molar-refractivity contribution in [1.29, 1.82) is 0 Å². The van der Waals surface area contributed by atoms with E-state index in [2.05, 4.69) is 22.3 Å². The molecule has 5 nitrogen and oxygen atoms in total. The number of nitrogens with one attached hydrogen (secondary N) is 2. The Bertz CT molecular complexity index is 485. The number of hydrogen-bond acceptors (Lipinski definition) is 4. The van der Waals surface area contributed by atoms with Gasteiger partial charge < -0.3 is 4.72 Å². The molecule has 0 aliphatic heterocycles. The minimum absolute atomic E-state index is 0.156. The molecule has 0 saturated carbocycles. The summed E-state index contributed by atoms with van der Waals surface area (Å²) in [5.41, 5.74) is 1.15. The van der Waals surface area contributed by atoms with Crippen LogP contribution in [0.3, 0.4) is 0 Å². The molecule has 0 bridgehead atoms. The van der Waals surface area contributed by atoms with Gasteiger partial charge in [-0.3, -0.25) is 9.52 Å². The van der Waals surface area contributed by atoms with Gasteiger partial charge in [0.1, 0.15) is 0 Å². The summed E-state index contributed by atoms with van der Waals surface area (Å²) in [6.07, 6.45) is 1.23. The lowest BCUT2D eigenvalue weighted by molar-refractivity contribution is -0.118. The van der Waals surface area contributed by atoms with E-state index in [1.54, 1.807) is 24.3 Å². The molecule has 2 N–H and O–H groups in total. The molecule has 0 aromatic heterocycles. The van der Waals surface area contributed by atoms with E-state index in [-0.39, 0.29) is 12.3 Å². The van der Waals surface area contributed by atoms with E-state index >= 15 is 0 Å². The molecule has 1 amide bonds. The normalized spacial score (nSPS) is 10.9. The van der Waals surface area contributed by atoms with E-state index in [0.717, 1.165) is 6.26 Å². The molecule has 0 atom stereocenters. The molecule has 0 fully saturated rings. The van der Waals surface area contributed by atoms with E-state index in [4.69, 9.17) is 0 Å². The molecule has 0 aliphatic carbocycles. The van der Waals surface area contributed by atoms with Crippen LogP contribution in [0, 0.1) is 0 Å². The topological polar surface area (TPSA) is 75.3 Å². The lowest BCUT2D eigenvalue weighted by Crippen LogP contribution is -2.15. The molecule has 0 saturated heterocycles. The predicted octanol–water partition coefficient (Wildman–Crippen LogP) is 0.562. The van der Waals surface area contributed by atoms with Crippen molar-refractivity contribution in [2.45, 2.75) is 6.42 Å². The Balaban J connectivity index is 2.83. The molecular weight excluding hydrogens is 248 g/mol. The first-order valence-electron chi connectivity index (χ1n) is 4.40. The van der Waals surface area contributed by atoms with E-state index in [1.165, 1.54) is 0 Å². The van der Waals surface area contributed by atoms with Gasteiger partial charge in [-0.25, -0.2) is 8.42 Å². The molecule has 0 heterocycles. The van der Waals surface area contributed by atoms with Gasteiger partial charge in [0.15, 0.2) is 0 Å². The van der Waals surface area contributed by atoms with Crippen molar-refractivity contribution in [1.82, 2.24) is 4.72 Å². The standard InChI is InChI=1S/C9H12N2O3S2/c1-16(13,14)11-8-4-2-3-7(5-8)6-9(12)10-15/h2-5,11,15H,6H2,1H3,(H,10,12). The third kappa shape index (κ3) is 4.54. The largest absolute Gasteiger partial charge is 0.302 e. The predicted molar refractivity (Wildman–Crippen MR) is 65.7 cm³/mol. The molecule has 7 heteroatoms. The number of carbonyl (C=O) groups excluding carboxylic acids is 1. The summed E-state index contributed by atoms with van der Waals surface area (Å²) >= 11 is 3.63. The number of rotatable bonds is 4. The van der Waals surface area contributed by atoms with Crippen LogP contribution in [0.4, 0.5) is 5.69 Å². The van der Waals surface area contributed by atoms with Crippen LogP contribution >= 0.6 is 12.8 Å². The zero-order valence-corrected chi connectivity index (χ0v) is 10.3. The fraction of sp³-hybridized carbons (Fsp3) is 0.222. The van der Waals surface area contributed by atoms with Gasteiger partial charge in [-0.05, 0) is 17.7 Å². The maximum atomic E-state index is 11.1. The van der Waals surface area contributed by atoms with Crippen LogP contribution in [-0.4, -0.2) is 20.6 Å². The highest BCUT2D eigenvalue weighted by Crippen LogP contribution is 2.12. The van der Waals surface area contributed by atoms with Crippen LogP contribution in [0.15, 0.2) is 24.3 Å². The zero-order chi connectivity index (χ0) is 12.2. The quantitative estimate of drug-likeness (QED) is 0.692. The van der Waals surface area contributed by atoms with Gasteiger partial charge in [0.2, 0.25) is 15.9 Å².